The van der Waals surface area contributed by atoms with Crippen LogP contribution < -0.4 is 10.1 Å². The summed E-state index contributed by atoms with van der Waals surface area (Å²) in [7, 11) is 1.56. The quantitative estimate of drug-likeness (QED) is 0.652. The molecule has 1 amide bonds. The van der Waals surface area contributed by atoms with Gasteiger partial charge in [-0.15, -0.1) is 0 Å². The Morgan fingerprint density at radius 1 is 1.22 bits per heavy atom. The summed E-state index contributed by atoms with van der Waals surface area (Å²) < 4.78 is 5.06. The number of halogens is 2. The zero-order chi connectivity index (χ0) is 16.8. The normalized spacial score (nSPS) is 10.8. The van der Waals surface area contributed by atoms with Crippen molar-refractivity contribution >= 4 is 40.9 Å². The van der Waals surface area contributed by atoms with E-state index in [9.17, 15) is 10.1 Å². The van der Waals surface area contributed by atoms with Crippen LogP contribution >= 0.6 is 23.2 Å². The van der Waals surface area contributed by atoms with Gasteiger partial charge in [-0.05, 0) is 42.0 Å². The summed E-state index contributed by atoms with van der Waals surface area (Å²) >= 11 is 11.9. The minimum absolute atomic E-state index is 0.0498. The van der Waals surface area contributed by atoms with Gasteiger partial charge in [0, 0.05) is 5.02 Å². The van der Waals surface area contributed by atoms with Crippen molar-refractivity contribution in [2.75, 3.05) is 12.4 Å². The SMILES string of the molecule is COc1ccc(/C=C(/C#N)C(=O)Nc2cc(Cl)ccc2Cl)cc1. The number of rotatable bonds is 4. The summed E-state index contributed by atoms with van der Waals surface area (Å²) in [4.78, 5) is 12.2. The molecule has 4 nitrogen and oxygen atoms in total. The van der Waals surface area contributed by atoms with E-state index in [-0.39, 0.29) is 5.57 Å². The van der Waals surface area contributed by atoms with Crippen LogP contribution in [-0.4, -0.2) is 13.0 Å². The number of anilines is 1. The molecule has 23 heavy (non-hydrogen) atoms. The third-order valence-corrected chi connectivity index (χ3v) is 3.53. The van der Waals surface area contributed by atoms with Crippen molar-refractivity contribution in [2.45, 2.75) is 0 Å². The molecule has 2 rings (SSSR count). The molecule has 0 bridgehead atoms. The maximum atomic E-state index is 12.2. The Kier molecular flexibility index (Phi) is 5.64. The number of carbonyl (C=O) groups excluding carboxylic acids is 1. The third-order valence-electron chi connectivity index (χ3n) is 2.97. The molecule has 0 fully saturated rings. The standard InChI is InChI=1S/C17H12Cl2N2O2/c1-23-14-5-2-11(3-6-14)8-12(10-20)17(22)21-16-9-13(18)4-7-15(16)19/h2-9H,1H3,(H,21,22)/b12-8-. The highest BCUT2D eigenvalue weighted by Gasteiger charge is 2.12. The molecule has 0 spiro atoms. The van der Waals surface area contributed by atoms with Crippen molar-refractivity contribution in [3.8, 4) is 11.8 Å². The van der Waals surface area contributed by atoms with Crippen molar-refractivity contribution in [3.63, 3.8) is 0 Å². The van der Waals surface area contributed by atoms with Crippen molar-refractivity contribution in [1.82, 2.24) is 0 Å². The molecule has 0 unspecified atom stereocenters. The molecule has 0 atom stereocenters. The van der Waals surface area contributed by atoms with Gasteiger partial charge in [-0.2, -0.15) is 5.26 Å². The molecule has 0 aliphatic heterocycles. The number of ether oxygens (including phenoxy) is 1. The molecule has 0 saturated heterocycles. The van der Waals surface area contributed by atoms with E-state index in [4.69, 9.17) is 27.9 Å². The number of hydrogen-bond donors (Lipinski definition) is 1. The first-order chi connectivity index (χ1) is 11.0. The number of amides is 1. The monoisotopic (exact) mass is 346 g/mol. The molecule has 0 aliphatic rings. The van der Waals surface area contributed by atoms with Gasteiger partial charge >= 0.3 is 0 Å². The molecule has 0 saturated carbocycles. The smallest absolute Gasteiger partial charge is 0.266 e. The molecular formula is C17H12Cl2N2O2. The predicted octanol–water partition coefficient (Wildman–Crippen LogP) is 4.55. The summed E-state index contributed by atoms with van der Waals surface area (Å²) in [6.45, 7) is 0. The van der Waals surface area contributed by atoms with Crippen LogP contribution in [0.4, 0.5) is 5.69 Å². The number of benzene rings is 2. The first kappa shape index (κ1) is 16.9. The summed E-state index contributed by atoms with van der Waals surface area (Å²) in [6.07, 6.45) is 1.48. The number of carbonyl (C=O) groups is 1. The Morgan fingerprint density at radius 3 is 2.52 bits per heavy atom. The zero-order valence-corrected chi connectivity index (χ0v) is 13.7. The summed E-state index contributed by atoms with van der Waals surface area (Å²) in [5.74, 6) is 0.128. The number of methoxy groups -OCH3 is 1. The highest BCUT2D eigenvalue weighted by molar-refractivity contribution is 6.36. The van der Waals surface area contributed by atoms with Gasteiger partial charge in [0.2, 0.25) is 0 Å². The highest BCUT2D eigenvalue weighted by Crippen LogP contribution is 2.26. The second-order valence-electron chi connectivity index (χ2n) is 4.52. The van der Waals surface area contributed by atoms with Gasteiger partial charge in [0.25, 0.3) is 5.91 Å². The average Bonchev–Trinajstić information content (AvgIpc) is 2.56. The minimum atomic E-state index is -0.563. The second-order valence-corrected chi connectivity index (χ2v) is 5.36. The molecule has 2 aromatic carbocycles. The lowest BCUT2D eigenvalue weighted by Crippen LogP contribution is -2.13. The van der Waals surface area contributed by atoms with Crippen molar-refractivity contribution in [2.24, 2.45) is 0 Å². The topological polar surface area (TPSA) is 62.1 Å². The van der Waals surface area contributed by atoms with Crippen molar-refractivity contribution in [3.05, 3.63) is 63.6 Å². The first-order valence-corrected chi connectivity index (χ1v) is 7.31. The van der Waals surface area contributed by atoms with Crippen LogP contribution in [0.3, 0.4) is 0 Å². The van der Waals surface area contributed by atoms with Gasteiger partial charge in [-0.25, -0.2) is 0 Å². The van der Waals surface area contributed by atoms with Crippen LogP contribution in [0.25, 0.3) is 6.08 Å². The van der Waals surface area contributed by atoms with E-state index in [2.05, 4.69) is 5.32 Å². The number of hydrogen-bond acceptors (Lipinski definition) is 3. The van der Waals surface area contributed by atoms with E-state index < -0.39 is 5.91 Å². The number of nitrogens with zero attached hydrogens (tertiary/aromatic N) is 1. The Bertz CT molecular complexity index is 793. The van der Waals surface area contributed by atoms with Gasteiger partial charge in [0.15, 0.2) is 0 Å². The molecule has 1 N–H and O–H groups in total. The Morgan fingerprint density at radius 2 is 1.91 bits per heavy atom. The maximum Gasteiger partial charge on any atom is 0.266 e. The molecule has 0 aromatic heterocycles. The number of nitrogens with one attached hydrogen (secondary N) is 1. The average molecular weight is 347 g/mol. The van der Waals surface area contributed by atoms with E-state index >= 15 is 0 Å². The highest BCUT2D eigenvalue weighted by atomic mass is 35.5. The van der Waals surface area contributed by atoms with E-state index in [0.29, 0.717) is 27.0 Å². The van der Waals surface area contributed by atoms with Crippen LogP contribution in [-0.2, 0) is 4.79 Å². The van der Waals surface area contributed by atoms with Crippen LogP contribution in [0.1, 0.15) is 5.56 Å². The van der Waals surface area contributed by atoms with Gasteiger partial charge in [-0.3, -0.25) is 4.79 Å². The van der Waals surface area contributed by atoms with Gasteiger partial charge < -0.3 is 10.1 Å². The minimum Gasteiger partial charge on any atom is -0.497 e. The Balaban J connectivity index is 2.22. The molecule has 0 heterocycles. The largest absolute Gasteiger partial charge is 0.497 e. The van der Waals surface area contributed by atoms with Crippen molar-refractivity contribution in [1.29, 1.82) is 5.26 Å². The van der Waals surface area contributed by atoms with Gasteiger partial charge in [0.1, 0.15) is 17.4 Å². The first-order valence-electron chi connectivity index (χ1n) is 6.55. The van der Waals surface area contributed by atoms with Gasteiger partial charge in [0.05, 0.1) is 17.8 Å². The molecular weight excluding hydrogens is 335 g/mol. The molecule has 116 valence electrons. The molecule has 0 aliphatic carbocycles. The van der Waals surface area contributed by atoms with E-state index in [1.54, 1.807) is 43.5 Å². The molecule has 6 heteroatoms. The maximum absolute atomic E-state index is 12.2. The Hall–Kier alpha value is -2.48. The van der Waals surface area contributed by atoms with Crippen LogP contribution in [0.2, 0.25) is 10.0 Å². The Labute approximate surface area is 143 Å². The van der Waals surface area contributed by atoms with E-state index in [1.165, 1.54) is 12.1 Å². The summed E-state index contributed by atoms with van der Waals surface area (Å²) in [5.41, 5.74) is 1.00. The van der Waals surface area contributed by atoms with E-state index in [0.717, 1.165) is 0 Å². The molecule has 2 aromatic rings. The van der Waals surface area contributed by atoms with Crippen LogP contribution in [0, 0.1) is 11.3 Å². The predicted molar refractivity (Wildman–Crippen MR) is 91.7 cm³/mol. The fourth-order valence-corrected chi connectivity index (χ4v) is 2.14. The summed E-state index contributed by atoms with van der Waals surface area (Å²) in [6, 6.07) is 13.5. The fraction of sp³-hybridized carbons (Fsp3) is 0.0588. The molecule has 0 radical (unpaired) electrons. The van der Waals surface area contributed by atoms with Crippen molar-refractivity contribution < 1.29 is 9.53 Å². The fourth-order valence-electron chi connectivity index (χ4n) is 1.80. The lowest BCUT2D eigenvalue weighted by atomic mass is 10.1. The van der Waals surface area contributed by atoms with Gasteiger partial charge in [-0.1, -0.05) is 35.3 Å². The zero-order valence-electron chi connectivity index (χ0n) is 12.1. The third kappa shape index (κ3) is 4.49. The lowest BCUT2D eigenvalue weighted by molar-refractivity contribution is -0.112. The summed E-state index contributed by atoms with van der Waals surface area (Å²) in [5, 5.41) is 12.5. The van der Waals surface area contributed by atoms with Crippen LogP contribution in [0.5, 0.6) is 5.75 Å². The van der Waals surface area contributed by atoms with E-state index in [1.807, 2.05) is 6.07 Å². The second kappa shape index (κ2) is 7.68. The lowest BCUT2D eigenvalue weighted by Gasteiger charge is -2.07. The number of nitriles is 1. The van der Waals surface area contributed by atoms with Crippen LogP contribution in [0.15, 0.2) is 48.0 Å².